The van der Waals surface area contributed by atoms with Gasteiger partial charge in [-0.3, -0.25) is 14.6 Å². The normalized spacial score (nSPS) is 16.3. The highest BCUT2D eigenvalue weighted by Gasteiger charge is 2.25. The fourth-order valence-electron chi connectivity index (χ4n) is 3.73. The second kappa shape index (κ2) is 7.53. The van der Waals surface area contributed by atoms with Gasteiger partial charge in [0.15, 0.2) is 11.5 Å². The number of H-pyrrole nitrogens is 1. The Hall–Kier alpha value is -3.03. The van der Waals surface area contributed by atoms with Crippen LogP contribution in [0.4, 0.5) is 5.95 Å². The summed E-state index contributed by atoms with van der Waals surface area (Å²) in [5.41, 5.74) is 1.99. The fourth-order valence-corrected chi connectivity index (χ4v) is 3.73. The summed E-state index contributed by atoms with van der Waals surface area (Å²) in [4.78, 5) is 34.0. The molecule has 148 valence electrons. The fraction of sp³-hybridized carbons (Fsp3) is 0.450. The number of anilines is 1. The molecule has 1 aromatic heterocycles. The zero-order chi connectivity index (χ0) is 19.7. The first-order chi connectivity index (χ1) is 13.5. The second-order valence-corrected chi connectivity index (χ2v) is 7.11. The van der Waals surface area contributed by atoms with Gasteiger partial charge in [0, 0.05) is 36.0 Å². The van der Waals surface area contributed by atoms with Crippen LogP contribution in [0.5, 0.6) is 11.5 Å². The summed E-state index contributed by atoms with van der Waals surface area (Å²) in [6, 6.07) is 5.44. The minimum Gasteiger partial charge on any atom is -0.454 e. The Morgan fingerprint density at radius 2 is 2.04 bits per heavy atom. The van der Waals surface area contributed by atoms with E-state index < -0.39 is 0 Å². The molecule has 2 N–H and O–H groups in total. The van der Waals surface area contributed by atoms with Gasteiger partial charge in [0.2, 0.25) is 12.7 Å². The molecule has 8 nitrogen and oxygen atoms in total. The number of amides is 1. The monoisotopic (exact) mass is 384 g/mol. The summed E-state index contributed by atoms with van der Waals surface area (Å²) in [5.74, 6) is 1.78. The van der Waals surface area contributed by atoms with Crippen LogP contribution in [0, 0.1) is 6.92 Å². The quantitative estimate of drug-likeness (QED) is 0.838. The number of benzene rings is 1. The molecule has 28 heavy (non-hydrogen) atoms. The van der Waals surface area contributed by atoms with Crippen molar-refractivity contribution in [3.05, 3.63) is 45.4 Å². The molecule has 1 amide bonds. The summed E-state index contributed by atoms with van der Waals surface area (Å²) in [7, 11) is 0. The second-order valence-electron chi connectivity index (χ2n) is 7.11. The van der Waals surface area contributed by atoms with Gasteiger partial charge >= 0.3 is 0 Å². The van der Waals surface area contributed by atoms with Crippen LogP contribution >= 0.6 is 0 Å². The number of nitrogens with one attached hydrogen (secondary N) is 2. The third-order valence-corrected chi connectivity index (χ3v) is 5.32. The maximum absolute atomic E-state index is 12.8. The molecular formula is C20H24N4O4. The molecule has 0 bridgehead atoms. The lowest BCUT2D eigenvalue weighted by molar-refractivity contribution is 0.0718. The number of carbonyl (C=O) groups excluding carboxylic acids is 1. The molecule has 0 unspecified atom stereocenters. The third kappa shape index (κ3) is 3.54. The van der Waals surface area contributed by atoms with Crippen molar-refractivity contribution in [2.24, 2.45) is 0 Å². The molecule has 1 aromatic carbocycles. The number of aryl methyl sites for hydroxylation is 1. The Morgan fingerprint density at radius 1 is 1.29 bits per heavy atom. The van der Waals surface area contributed by atoms with Crippen molar-refractivity contribution in [2.75, 3.05) is 25.2 Å². The average Bonchev–Trinajstić information content (AvgIpc) is 3.15. The van der Waals surface area contributed by atoms with Gasteiger partial charge < -0.3 is 19.7 Å². The molecule has 0 radical (unpaired) electrons. The molecule has 0 spiro atoms. The number of likely N-dealkylation sites (tertiary alicyclic amines) is 1. The highest BCUT2D eigenvalue weighted by atomic mass is 16.7. The van der Waals surface area contributed by atoms with Gasteiger partial charge in [0.05, 0.1) is 0 Å². The molecule has 4 rings (SSSR count). The Morgan fingerprint density at radius 3 is 2.75 bits per heavy atom. The predicted molar refractivity (Wildman–Crippen MR) is 104 cm³/mol. The maximum Gasteiger partial charge on any atom is 0.255 e. The number of ether oxygens (including phenoxy) is 2. The first-order valence-electron chi connectivity index (χ1n) is 9.60. The van der Waals surface area contributed by atoms with Gasteiger partial charge in [-0.15, -0.1) is 0 Å². The molecule has 2 aliphatic heterocycles. The van der Waals surface area contributed by atoms with E-state index in [0.29, 0.717) is 42.5 Å². The molecule has 1 fully saturated rings. The lowest BCUT2D eigenvalue weighted by atomic mass is 10.0. The van der Waals surface area contributed by atoms with E-state index in [2.05, 4.69) is 15.3 Å². The lowest BCUT2D eigenvalue weighted by Crippen LogP contribution is -2.42. The van der Waals surface area contributed by atoms with Crippen molar-refractivity contribution >= 4 is 11.9 Å². The summed E-state index contributed by atoms with van der Waals surface area (Å²) < 4.78 is 10.7. The summed E-state index contributed by atoms with van der Waals surface area (Å²) in [6.07, 6.45) is 2.23. The number of rotatable bonds is 4. The number of carbonyl (C=O) groups is 1. The Kier molecular flexibility index (Phi) is 4.93. The standard InChI is InChI=1S/C20H24N4O4/c1-3-15-12(2)21-20(23-18(15)25)22-14-6-8-24(9-7-14)19(26)13-4-5-16-17(10-13)28-11-27-16/h4-5,10,14H,3,6-9,11H2,1-2H3,(H2,21,22,23,25). The van der Waals surface area contributed by atoms with Crippen LogP contribution in [0.25, 0.3) is 0 Å². The Labute approximate surface area is 162 Å². The molecule has 2 aliphatic rings. The van der Waals surface area contributed by atoms with E-state index in [4.69, 9.17) is 9.47 Å². The minimum absolute atomic E-state index is 0.00794. The molecule has 8 heteroatoms. The number of hydrogen-bond donors (Lipinski definition) is 2. The van der Waals surface area contributed by atoms with Crippen molar-refractivity contribution in [1.29, 1.82) is 0 Å². The number of hydrogen-bond acceptors (Lipinski definition) is 6. The number of piperidine rings is 1. The maximum atomic E-state index is 12.8. The topological polar surface area (TPSA) is 96.6 Å². The zero-order valence-corrected chi connectivity index (χ0v) is 16.1. The van der Waals surface area contributed by atoms with E-state index in [1.54, 1.807) is 18.2 Å². The van der Waals surface area contributed by atoms with Gasteiger partial charge in [-0.05, 0) is 44.4 Å². The van der Waals surface area contributed by atoms with Crippen LogP contribution < -0.4 is 20.3 Å². The number of aromatic nitrogens is 2. The van der Waals surface area contributed by atoms with Crippen LogP contribution in [-0.4, -0.2) is 46.7 Å². The van der Waals surface area contributed by atoms with Crippen LogP contribution in [0.2, 0.25) is 0 Å². The lowest BCUT2D eigenvalue weighted by Gasteiger charge is -2.32. The third-order valence-electron chi connectivity index (χ3n) is 5.32. The largest absolute Gasteiger partial charge is 0.454 e. The van der Waals surface area contributed by atoms with E-state index in [-0.39, 0.29) is 24.3 Å². The number of nitrogens with zero attached hydrogens (tertiary/aromatic N) is 2. The summed E-state index contributed by atoms with van der Waals surface area (Å²) >= 11 is 0. The highest BCUT2D eigenvalue weighted by molar-refractivity contribution is 5.95. The minimum atomic E-state index is -0.0899. The molecule has 0 atom stereocenters. The van der Waals surface area contributed by atoms with Crippen LogP contribution in [-0.2, 0) is 6.42 Å². The van der Waals surface area contributed by atoms with Gasteiger partial charge in [0.1, 0.15) is 0 Å². The average molecular weight is 384 g/mol. The van der Waals surface area contributed by atoms with E-state index in [0.717, 1.165) is 24.1 Å². The summed E-state index contributed by atoms with van der Waals surface area (Å²) in [5, 5.41) is 3.31. The van der Waals surface area contributed by atoms with Crippen LogP contribution in [0.3, 0.4) is 0 Å². The SMILES string of the molecule is CCc1c(C)nc(NC2CCN(C(=O)c3ccc4c(c3)OCO4)CC2)[nH]c1=O. The van der Waals surface area contributed by atoms with Crippen LogP contribution in [0.15, 0.2) is 23.0 Å². The van der Waals surface area contributed by atoms with Gasteiger partial charge in [0.25, 0.3) is 11.5 Å². The predicted octanol–water partition coefficient (Wildman–Crippen LogP) is 2.09. The Balaban J connectivity index is 1.37. The summed E-state index contributed by atoms with van der Waals surface area (Å²) in [6.45, 7) is 5.27. The smallest absolute Gasteiger partial charge is 0.255 e. The van der Waals surface area contributed by atoms with E-state index >= 15 is 0 Å². The number of aromatic amines is 1. The molecular weight excluding hydrogens is 360 g/mol. The highest BCUT2D eigenvalue weighted by Crippen LogP contribution is 2.33. The first kappa shape index (κ1) is 18.3. The zero-order valence-electron chi connectivity index (χ0n) is 16.1. The molecule has 2 aromatic rings. The van der Waals surface area contributed by atoms with E-state index in [1.807, 2.05) is 18.7 Å². The van der Waals surface area contributed by atoms with Gasteiger partial charge in [-0.25, -0.2) is 4.98 Å². The van der Waals surface area contributed by atoms with E-state index in [1.165, 1.54) is 0 Å². The van der Waals surface area contributed by atoms with Crippen molar-refractivity contribution in [2.45, 2.75) is 39.2 Å². The first-order valence-corrected chi connectivity index (χ1v) is 9.60. The van der Waals surface area contributed by atoms with Crippen LogP contribution in [0.1, 0.15) is 41.4 Å². The van der Waals surface area contributed by atoms with Crippen molar-refractivity contribution in [1.82, 2.24) is 14.9 Å². The van der Waals surface area contributed by atoms with Crippen molar-refractivity contribution in [3.8, 4) is 11.5 Å². The van der Waals surface area contributed by atoms with Gasteiger partial charge in [-0.1, -0.05) is 6.92 Å². The van der Waals surface area contributed by atoms with Crippen molar-refractivity contribution in [3.63, 3.8) is 0 Å². The van der Waals surface area contributed by atoms with E-state index in [9.17, 15) is 9.59 Å². The van der Waals surface area contributed by atoms with Gasteiger partial charge in [-0.2, -0.15) is 0 Å². The van der Waals surface area contributed by atoms with Crippen molar-refractivity contribution < 1.29 is 14.3 Å². The number of fused-ring (bicyclic) bond motifs is 1. The Bertz CT molecular complexity index is 948. The molecule has 0 aliphatic carbocycles. The molecule has 1 saturated heterocycles. The molecule has 0 saturated carbocycles. The molecule has 3 heterocycles.